The summed E-state index contributed by atoms with van der Waals surface area (Å²) in [6.07, 6.45) is 4.91. The summed E-state index contributed by atoms with van der Waals surface area (Å²) in [5.41, 5.74) is 6.29. The van der Waals surface area contributed by atoms with Gasteiger partial charge in [-0.3, -0.25) is 9.80 Å². The highest BCUT2D eigenvalue weighted by Gasteiger charge is 2.80. The van der Waals surface area contributed by atoms with Gasteiger partial charge in [-0.2, -0.15) is 5.10 Å². The molecule has 2 aliphatic carbocycles. The molecule has 122 valence electrons. The van der Waals surface area contributed by atoms with Crippen LogP contribution in [0.15, 0.2) is 29.4 Å². The Balaban J connectivity index is 1.71. The summed E-state index contributed by atoms with van der Waals surface area (Å²) in [5, 5.41) is 7.35. The van der Waals surface area contributed by atoms with E-state index in [9.17, 15) is 4.79 Å². The van der Waals surface area contributed by atoms with Crippen LogP contribution in [0.1, 0.15) is 38.7 Å². The molecule has 4 bridgehead atoms. The summed E-state index contributed by atoms with van der Waals surface area (Å²) < 4.78 is 0. The van der Waals surface area contributed by atoms with Crippen molar-refractivity contribution in [1.29, 1.82) is 0 Å². The molecule has 1 aromatic carbocycles. The summed E-state index contributed by atoms with van der Waals surface area (Å²) >= 11 is 5.92. The second-order valence-electron chi connectivity index (χ2n) is 7.77. The van der Waals surface area contributed by atoms with Gasteiger partial charge in [-0.05, 0) is 48.3 Å². The molecular weight excluding hydrogens is 310 g/mol. The van der Waals surface area contributed by atoms with E-state index < -0.39 is 5.54 Å². The van der Waals surface area contributed by atoms with Crippen molar-refractivity contribution in [1.82, 2.24) is 5.01 Å². The number of nitrogens with two attached hydrogens (primary N) is 1. The molecule has 2 N–H and O–H groups in total. The van der Waals surface area contributed by atoms with E-state index >= 15 is 0 Å². The number of halogens is 1. The van der Waals surface area contributed by atoms with Crippen LogP contribution >= 0.6 is 11.6 Å². The Morgan fingerprint density at radius 2 is 2.09 bits per heavy atom. The number of piperidine rings is 1. The number of hydrazone groups is 1. The SMILES string of the molecule is CC12CN(/N=C/c3ccc(Cl)cc3)C3(C(N)=O)CC1CCC23C. The molecule has 0 spiro atoms. The van der Waals surface area contributed by atoms with E-state index in [1.165, 1.54) is 6.42 Å². The van der Waals surface area contributed by atoms with Gasteiger partial charge in [0, 0.05) is 17.0 Å². The number of rotatable bonds is 3. The van der Waals surface area contributed by atoms with Gasteiger partial charge in [0.15, 0.2) is 0 Å². The molecule has 0 radical (unpaired) electrons. The van der Waals surface area contributed by atoms with E-state index in [1.807, 2.05) is 35.5 Å². The fraction of sp³-hybridized carbons (Fsp3) is 0.556. The maximum Gasteiger partial charge on any atom is 0.245 e. The van der Waals surface area contributed by atoms with Gasteiger partial charge >= 0.3 is 0 Å². The van der Waals surface area contributed by atoms with E-state index in [0.29, 0.717) is 10.9 Å². The highest BCUT2D eigenvalue weighted by atomic mass is 35.5. The molecule has 1 aromatic rings. The van der Waals surface area contributed by atoms with Gasteiger partial charge < -0.3 is 5.73 Å². The second kappa shape index (κ2) is 4.50. The van der Waals surface area contributed by atoms with Crippen LogP contribution < -0.4 is 5.73 Å². The molecule has 1 amide bonds. The van der Waals surface area contributed by atoms with Crippen LogP contribution in [0.3, 0.4) is 0 Å². The van der Waals surface area contributed by atoms with E-state index in [0.717, 1.165) is 24.9 Å². The number of hydrogen-bond donors (Lipinski definition) is 1. The van der Waals surface area contributed by atoms with Crippen molar-refractivity contribution in [3.63, 3.8) is 0 Å². The minimum Gasteiger partial charge on any atom is -0.368 e. The van der Waals surface area contributed by atoms with Crippen molar-refractivity contribution in [3.05, 3.63) is 34.9 Å². The largest absolute Gasteiger partial charge is 0.368 e. The molecule has 4 nitrogen and oxygen atoms in total. The molecule has 1 aliphatic heterocycles. The van der Waals surface area contributed by atoms with Crippen LogP contribution in [0.4, 0.5) is 0 Å². The molecule has 1 saturated heterocycles. The minimum absolute atomic E-state index is 0.0756. The third kappa shape index (κ3) is 1.63. The Morgan fingerprint density at radius 3 is 2.70 bits per heavy atom. The molecule has 5 heteroatoms. The second-order valence-corrected chi connectivity index (χ2v) is 8.20. The first kappa shape index (κ1) is 15.0. The lowest BCUT2D eigenvalue weighted by Crippen LogP contribution is -2.60. The normalized spacial score (nSPS) is 41.2. The van der Waals surface area contributed by atoms with Crippen molar-refractivity contribution in [2.24, 2.45) is 27.6 Å². The molecule has 3 fully saturated rings. The molecule has 2 saturated carbocycles. The molecule has 1 heterocycles. The smallest absolute Gasteiger partial charge is 0.245 e. The van der Waals surface area contributed by atoms with Gasteiger partial charge in [-0.1, -0.05) is 37.6 Å². The highest BCUT2D eigenvalue weighted by Crippen LogP contribution is 2.75. The Bertz CT molecular complexity index is 703. The van der Waals surface area contributed by atoms with Crippen LogP contribution in [0.5, 0.6) is 0 Å². The number of hydrogen-bond acceptors (Lipinski definition) is 3. The van der Waals surface area contributed by atoms with Crippen molar-refractivity contribution >= 4 is 23.7 Å². The third-order valence-corrected chi connectivity index (χ3v) is 7.40. The standard InChI is InChI=1S/C18H22ClN3O/c1-16-11-22(21-10-12-3-5-14(19)6-4-12)18(15(20)23)9-13(16)7-8-17(16,18)2/h3-6,10,13H,7-9,11H2,1-2H3,(H2,20,23)/b21-10+. The molecule has 4 unspecified atom stereocenters. The van der Waals surface area contributed by atoms with Gasteiger partial charge in [0.25, 0.3) is 0 Å². The number of nitrogens with zero attached hydrogens (tertiary/aromatic N) is 2. The zero-order chi connectivity index (χ0) is 16.5. The average molecular weight is 332 g/mol. The molecule has 23 heavy (non-hydrogen) atoms. The van der Waals surface area contributed by atoms with Gasteiger partial charge in [-0.25, -0.2) is 0 Å². The van der Waals surface area contributed by atoms with Crippen molar-refractivity contribution in [2.45, 2.75) is 38.6 Å². The third-order valence-electron chi connectivity index (χ3n) is 7.15. The van der Waals surface area contributed by atoms with Gasteiger partial charge in [-0.15, -0.1) is 0 Å². The van der Waals surface area contributed by atoms with Crippen LogP contribution in [-0.4, -0.2) is 29.2 Å². The summed E-state index contributed by atoms with van der Waals surface area (Å²) in [5.74, 6) is 0.362. The fourth-order valence-corrected chi connectivity index (χ4v) is 5.70. The Labute approximate surface area is 141 Å². The van der Waals surface area contributed by atoms with Crippen LogP contribution in [0, 0.1) is 16.7 Å². The average Bonchev–Trinajstić information content (AvgIpc) is 2.96. The van der Waals surface area contributed by atoms with E-state index in [-0.39, 0.29) is 16.7 Å². The summed E-state index contributed by atoms with van der Waals surface area (Å²) in [7, 11) is 0. The number of amides is 1. The molecule has 0 aromatic heterocycles. The predicted octanol–water partition coefficient (Wildman–Crippen LogP) is 3.04. The number of primary amides is 1. The minimum atomic E-state index is -0.631. The Morgan fingerprint density at radius 1 is 1.39 bits per heavy atom. The highest BCUT2D eigenvalue weighted by molar-refractivity contribution is 6.30. The molecule has 4 rings (SSSR count). The summed E-state index contributed by atoms with van der Waals surface area (Å²) in [6, 6.07) is 7.53. The zero-order valence-electron chi connectivity index (χ0n) is 13.6. The first-order valence-electron chi connectivity index (χ1n) is 8.21. The van der Waals surface area contributed by atoms with Crippen LogP contribution in [0.25, 0.3) is 0 Å². The van der Waals surface area contributed by atoms with E-state index in [4.69, 9.17) is 17.3 Å². The van der Waals surface area contributed by atoms with E-state index in [1.54, 1.807) is 0 Å². The lowest BCUT2D eigenvalue weighted by molar-refractivity contribution is -0.135. The van der Waals surface area contributed by atoms with Crippen molar-refractivity contribution in [3.8, 4) is 0 Å². The van der Waals surface area contributed by atoms with Crippen molar-refractivity contribution in [2.75, 3.05) is 6.54 Å². The molecular formula is C18H22ClN3O. The van der Waals surface area contributed by atoms with Gasteiger partial charge in [0.1, 0.15) is 5.54 Å². The zero-order valence-corrected chi connectivity index (χ0v) is 14.3. The number of benzene rings is 1. The number of carbonyl (C=O) groups excluding carboxylic acids is 1. The first-order chi connectivity index (χ1) is 10.8. The first-order valence-corrected chi connectivity index (χ1v) is 8.58. The quantitative estimate of drug-likeness (QED) is 0.865. The summed E-state index contributed by atoms with van der Waals surface area (Å²) in [4.78, 5) is 12.5. The maximum absolute atomic E-state index is 12.5. The molecule has 3 aliphatic rings. The lowest BCUT2D eigenvalue weighted by Gasteiger charge is -2.44. The fourth-order valence-electron chi connectivity index (χ4n) is 5.57. The van der Waals surface area contributed by atoms with Gasteiger partial charge in [0.05, 0.1) is 6.21 Å². The Hall–Kier alpha value is -1.55. The van der Waals surface area contributed by atoms with Crippen LogP contribution in [0.2, 0.25) is 5.02 Å². The van der Waals surface area contributed by atoms with Crippen molar-refractivity contribution < 1.29 is 4.79 Å². The van der Waals surface area contributed by atoms with E-state index in [2.05, 4.69) is 18.9 Å². The molecule has 4 atom stereocenters. The Kier molecular flexibility index (Phi) is 2.94. The van der Waals surface area contributed by atoms with Crippen LogP contribution in [-0.2, 0) is 4.79 Å². The van der Waals surface area contributed by atoms with Gasteiger partial charge in [0.2, 0.25) is 5.91 Å². The maximum atomic E-state index is 12.5. The lowest BCUT2D eigenvalue weighted by atomic mass is 9.65. The summed E-state index contributed by atoms with van der Waals surface area (Å²) in [6.45, 7) is 5.36. The monoisotopic (exact) mass is 331 g/mol. The topological polar surface area (TPSA) is 58.7 Å². The predicted molar refractivity (Wildman–Crippen MR) is 91.2 cm³/mol. The number of carbonyl (C=O) groups is 1.